The Morgan fingerprint density at radius 1 is 1.05 bits per heavy atom. The van der Waals surface area contributed by atoms with E-state index in [1.54, 1.807) is 6.07 Å². The summed E-state index contributed by atoms with van der Waals surface area (Å²) < 4.78 is 27.8. The Hall–Kier alpha value is -1.07. The van der Waals surface area contributed by atoms with Crippen molar-refractivity contribution in [3.8, 4) is 0 Å². The molecule has 0 bridgehead atoms. The lowest BCUT2D eigenvalue weighted by Gasteiger charge is -2.26. The summed E-state index contributed by atoms with van der Waals surface area (Å²) in [6, 6.07) is 14.1. The molecule has 118 valence electrons. The summed E-state index contributed by atoms with van der Waals surface area (Å²) in [5, 5.41) is 0.470. The van der Waals surface area contributed by atoms with Gasteiger partial charge in [-0.2, -0.15) is 0 Å². The second kappa shape index (κ2) is 6.59. The molecule has 0 spiro atoms. The molecule has 0 saturated carbocycles. The van der Waals surface area contributed by atoms with E-state index >= 15 is 0 Å². The van der Waals surface area contributed by atoms with Gasteiger partial charge in [-0.3, -0.25) is 0 Å². The molecule has 3 nitrogen and oxygen atoms in total. The quantitative estimate of drug-likeness (QED) is 0.867. The van der Waals surface area contributed by atoms with Crippen LogP contribution in [0.4, 0.5) is 0 Å². The first-order chi connectivity index (χ1) is 10.2. The molecule has 0 atom stereocenters. The number of benzene rings is 2. The standard InChI is InChI=1S/C16H17Cl2NO2S/c1-16(2,11-12-6-4-3-5-7-12)19-22(20,21)15-10-13(17)8-9-14(15)18/h3-10,19H,11H2,1-2H3. The third-order valence-corrected chi connectivity index (χ3v) is 5.50. The van der Waals surface area contributed by atoms with E-state index in [1.165, 1.54) is 12.1 Å². The smallest absolute Gasteiger partial charge is 0.207 e. The Bertz CT molecular complexity index is 759. The molecule has 0 aromatic heterocycles. The third kappa shape index (κ3) is 4.46. The van der Waals surface area contributed by atoms with Crippen molar-refractivity contribution < 1.29 is 8.42 Å². The Labute approximate surface area is 141 Å². The maximum Gasteiger partial charge on any atom is 0.242 e. The summed E-state index contributed by atoms with van der Waals surface area (Å²) in [4.78, 5) is -0.0113. The van der Waals surface area contributed by atoms with Crippen molar-refractivity contribution in [3.63, 3.8) is 0 Å². The van der Waals surface area contributed by atoms with E-state index in [2.05, 4.69) is 4.72 Å². The lowest BCUT2D eigenvalue weighted by molar-refractivity contribution is 0.450. The summed E-state index contributed by atoms with van der Waals surface area (Å²) in [7, 11) is -3.76. The molecule has 0 unspecified atom stereocenters. The number of nitrogens with one attached hydrogen (secondary N) is 1. The van der Waals surface area contributed by atoms with E-state index in [-0.39, 0.29) is 9.92 Å². The van der Waals surface area contributed by atoms with Gasteiger partial charge in [-0.1, -0.05) is 53.5 Å². The first-order valence-corrected chi connectivity index (χ1v) is 8.96. The fraction of sp³-hybridized carbons (Fsp3) is 0.250. The number of rotatable bonds is 5. The molecule has 2 aromatic carbocycles. The molecule has 2 aromatic rings. The molecule has 0 aliphatic carbocycles. The number of halogens is 2. The van der Waals surface area contributed by atoms with Crippen LogP contribution in [0.15, 0.2) is 53.4 Å². The van der Waals surface area contributed by atoms with E-state index in [4.69, 9.17) is 23.2 Å². The monoisotopic (exact) mass is 357 g/mol. The largest absolute Gasteiger partial charge is 0.242 e. The highest BCUT2D eigenvalue weighted by Gasteiger charge is 2.28. The average Bonchev–Trinajstić information content (AvgIpc) is 2.40. The van der Waals surface area contributed by atoms with Crippen molar-refractivity contribution >= 4 is 33.2 Å². The van der Waals surface area contributed by atoms with Gasteiger partial charge in [-0.25, -0.2) is 13.1 Å². The number of hydrogen-bond donors (Lipinski definition) is 1. The molecule has 0 aliphatic rings. The zero-order valence-electron chi connectivity index (χ0n) is 12.3. The average molecular weight is 358 g/mol. The Kier molecular flexibility index (Phi) is 5.17. The predicted octanol–water partition coefficient (Wildman–Crippen LogP) is 4.29. The molecule has 1 N–H and O–H groups in total. The van der Waals surface area contributed by atoms with Crippen molar-refractivity contribution in [2.75, 3.05) is 0 Å². The van der Waals surface area contributed by atoms with E-state index in [1.807, 2.05) is 44.2 Å². The van der Waals surface area contributed by atoms with Crippen LogP contribution >= 0.6 is 23.2 Å². The van der Waals surface area contributed by atoms with Crippen LogP contribution in [-0.2, 0) is 16.4 Å². The minimum atomic E-state index is -3.76. The summed E-state index contributed by atoms with van der Waals surface area (Å²) in [5.74, 6) is 0. The van der Waals surface area contributed by atoms with Gasteiger partial charge < -0.3 is 0 Å². The minimum Gasteiger partial charge on any atom is -0.207 e. The fourth-order valence-electron chi connectivity index (χ4n) is 2.24. The molecular formula is C16H17Cl2NO2S. The topological polar surface area (TPSA) is 46.2 Å². The molecule has 6 heteroatoms. The van der Waals surface area contributed by atoms with Gasteiger partial charge >= 0.3 is 0 Å². The van der Waals surface area contributed by atoms with Gasteiger partial charge in [-0.15, -0.1) is 0 Å². The van der Waals surface area contributed by atoms with Gasteiger partial charge in [0.1, 0.15) is 4.90 Å². The van der Waals surface area contributed by atoms with E-state index < -0.39 is 15.6 Å². The van der Waals surface area contributed by atoms with Crippen LogP contribution in [0, 0.1) is 0 Å². The summed E-state index contributed by atoms with van der Waals surface area (Å²) >= 11 is 11.9. The van der Waals surface area contributed by atoms with Crippen LogP contribution < -0.4 is 4.72 Å². The molecule has 0 aliphatic heterocycles. The molecule has 0 amide bonds. The Balaban J connectivity index is 2.25. The van der Waals surface area contributed by atoms with Gasteiger partial charge in [0.05, 0.1) is 5.02 Å². The normalized spacial score (nSPS) is 12.4. The van der Waals surface area contributed by atoms with E-state index in [9.17, 15) is 8.42 Å². The second-order valence-corrected chi connectivity index (χ2v) is 8.22. The third-order valence-electron chi connectivity index (χ3n) is 3.08. The maximum absolute atomic E-state index is 12.6. The van der Waals surface area contributed by atoms with Crippen LogP contribution in [0.5, 0.6) is 0 Å². The lowest BCUT2D eigenvalue weighted by Crippen LogP contribution is -2.45. The summed E-state index contributed by atoms with van der Waals surface area (Å²) in [5.41, 5.74) is 0.388. The van der Waals surface area contributed by atoms with Crippen molar-refractivity contribution in [3.05, 3.63) is 64.1 Å². The van der Waals surface area contributed by atoms with Crippen molar-refractivity contribution in [1.29, 1.82) is 0 Å². The molecule has 22 heavy (non-hydrogen) atoms. The van der Waals surface area contributed by atoms with Crippen LogP contribution in [0.25, 0.3) is 0 Å². The minimum absolute atomic E-state index is 0.0113. The highest BCUT2D eigenvalue weighted by molar-refractivity contribution is 7.89. The Morgan fingerprint density at radius 2 is 1.68 bits per heavy atom. The molecule has 0 saturated heterocycles. The predicted molar refractivity (Wildman–Crippen MR) is 91.0 cm³/mol. The molecule has 0 radical (unpaired) electrons. The van der Waals surface area contributed by atoms with Gasteiger partial charge in [0.25, 0.3) is 0 Å². The first kappa shape index (κ1) is 17.3. The van der Waals surface area contributed by atoms with Gasteiger partial charge in [0, 0.05) is 10.6 Å². The first-order valence-electron chi connectivity index (χ1n) is 6.73. The highest BCUT2D eigenvalue weighted by Crippen LogP contribution is 2.26. The van der Waals surface area contributed by atoms with Gasteiger partial charge in [0.2, 0.25) is 10.0 Å². The van der Waals surface area contributed by atoms with E-state index in [0.717, 1.165) is 5.56 Å². The molecule has 0 heterocycles. The number of sulfonamides is 1. The lowest BCUT2D eigenvalue weighted by atomic mass is 9.96. The summed E-state index contributed by atoms with van der Waals surface area (Å²) in [6.45, 7) is 3.66. The van der Waals surface area contributed by atoms with Crippen molar-refractivity contribution in [2.24, 2.45) is 0 Å². The highest BCUT2D eigenvalue weighted by atomic mass is 35.5. The van der Waals surface area contributed by atoms with E-state index in [0.29, 0.717) is 11.4 Å². The Morgan fingerprint density at radius 3 is 2.32 bits per heavy atom. The van der Waals surface area contributed by atoms with Crippen LogP contribution in [0.1, 0.15) is 19.4 Å². The zero-order chi connectivity index (χ0) is 16.4. The summed E-state index contributed by atoms with van der Waals surface area (Å²) in [6.07, 6.45) is 0.561. The zero-order valence-corrected chi connectivity index (χ0v) is 14.6. The van der Waals surface area contributed by atoms with Gasteiger partial charge in [-0.05, 0) is 44.0 Å². The van der Waals surface area contributed by atoms with Crippen molar-refractivity contribution in [1.82, 2.24) is 4.72 Å². The SMILES string of the molecule is CC(C)(Cc1ccccc1)NS(=O)(=O)c1cc(Cl)ccc1Cl. The van der Waals surface area contributed by atoms with Crippen LogP contribution in [0.2, 0.25) is 10.0 Å². The number of hydrogen-bond acceptors (Lipinski definition) is 2. The second-order valence-electron chi connectivity index (χ2n) is 5.73. The molecular weight excluding hydrogens is 341 g/mol. The van der Waals surface area contributed by atoms with Crippen LogP contribution in [0.3, 0.4) is 0 Å². The van der Waals surface area contributed by atoms with Crippen LogP contribution in [-0.4, -0.2) is 14.0 Å². The fourth-order valence-corrected chi connectivity index (χ4v) is 4.42. The molecule has 2 rings (SSSR count). The maximum atomic E-state index is 12.6. The van der Waals surface area contributed by atoms with Gasteiger partial charge in [0.15, 0.2) is 0 Å². The van der Waals surface area contributed by atoms with Crippen molar-refractivity contribution in [2.45, 2.75) is 30.7 Å². The molecule has 0 fully saturated rings.